The van der Waals surface area contributed by atoms with Gasteiger partial charge in [-0.15, -0.1) is 11.8 Å². The van der Waals surface area contributed by atoms with Gasteiger partial charge in [-0.25, -0.2) is 4.79 Å². The number of carboxylic acid groups (broad SMARTS) is 1. The molecule has 0 spiro atoms. The smallest absolute Gasteiger partial charge is 0.352 e. The van der Waals surface area contributed by atoms with Gasteiger partial charge in [0.2, 0.25) is 5.91 Å². The minimum absolute atomic E-state index is 0.126. The molecule has 3 rings (SSSR count). The minimum atomic E-state index is -1.62. The van der Waals surface area contributed by atoms with Gasteiger partial charge in [0.25, 0.3) is 5.91 Å². The molecule has 2 atom stereocenters. The van der Waals surface area contributed by atoms with Crippen LogP contribution in [-0.4, -0.2) is 68.7 Å². The molecule has 0 saturated carbocycles. The first kappa shape index (κ1) is 20.0. The van der Waals surface area contributed by atoms with E-state index in [2.05, 4.69) is 5.32 Å². The molecule has 11 heteroatoms. The fraction of sp³-hybridized carbons (Fsp3) is 0.412. The van der Waals surface area contributed by atoms with Crippen LogP contribution in [0.2, 0.25) is 0 Å². The average Bonchev–Trinajstić information content (AvgIpc) is 3.15. The van der Waals surface area contributed by atoms with Gasteiger partial charge >= 0.3 is 11.9 Å². The number of aliphatic carboxylic acids is 1. The lowest BCUT2D eigenvalue weighted by Crippen LogP contribution is -2.81. The highest BCUT2D eigenvalue weighted by Crippen LogP contribution is 2.46. The molecule has 0 radical (unpaired) electrons. The van der Waals surface area contributed by atoms with Crippen molar-refractivity contribution in [3.8, 4) is 0 Å². The van der Waals surface area contributed by atoms with Crippen LogP contribution in [0.3, 0.4) is 0 Å². The van der Waals surface area contributed by atoms with E-state index in [4.69, 9.17) is 9.15 Å². The highest BCUT2D eigenvalue weighted by Gasteiger charge is 2.65. The molecule has 1 aromatic rings. The van der Waals surface area contributed by atoms with E-state index in [1.165, 1.54) is 24.9 Å². The van der Waals surface area contributed by atoms with Crippen molar-refractivity contribution >= 4 is 35.5 Å². The number of hydrogen-bond acceptors (Lipinski definition) is 8. The van der Waals surface area contributed by atoms with E-state index in [0.717, 1.165) is 4.90 Å². The zero-order chi connectivity index (χ0) is 20.5. The molecule has 0 unspecified atom stereocenters. The van der Waals surface area contributed by atoms with Gasteiger partial charge in [0.1, 0.15) is 23.4 Å². The Bertz CT molecular complexity index is 849. The molecule has 2 aliphatic heterocycles. The zero-order valence-corrected chi connectivity index (χ0v) is 15.7. The number of fused-ring (bicyclic) bond motifs is 1. The number of carbonyl (C=O) groups is 4. The number of carbonyl (C=O) groups excluding carboxylic acids is 3. The molecule has 10 nitrogen and oxygen atoms in total. The second-order valence-corrected chi connectivity index (χ2v) is 7.38. The van der Waals surface area contributed by atoms with Crippen LogP contribution in [0.1, 0.15) is 12.7 Å². The number of esters is 1. The Hall–Kier alpha value is -2.79. The normalized spacial score (nSPS) is 23.7. The quantitative estimate of drug-likeness (QED) is 0.399. The Morgan fingerprint density at radius 2 is 2.21 bits per heavy atom. The first-order valence-electron chi connectivity index (χ1n) is 8.28. The number of carboxylic acids is 1. The second kappa shape index (κ2) is 7.68. The number of nitrogens with zero attached hydrogens (tertiary/aromatic N) is 1. The molecule has 2 aliphatic rings. The maximum atomic E-state index is 12.8. The van der Waals surface area contributed by atoms with Crippen LogP contribution in [0.25, 0.3) is 0 Å². The van der Waals surface area contributed by atoms with Gasteiger partial charge in [-0.05, 0) is 12.1 Å². The maximum Gasteiger partial charge on any atom is 0.352 e. The lowest BCUT2D eigenvalue weighted by Gasteiger charge is -2.56. The monoisotopic (exact) mass is 410 g/mol. The summed E-state index contributed by atoms with van der Waals surface area (Å²) in [4.78, 5) is 48.8. The highest BCUT2D eigenvalue weighted by molar-refractivity contribution is 8.00. The summed E-state index contributed by atoms with van der Waals surface area (Å²) in [6, 6.07) is 3.22. The molecule has 1 saturated heterocycles. The number of thioether (sulfide) groups is 1. The predicted molar refractivity (Wildman–Crippen MR) is 94.8 cm³/mol. The molecule has 28 heavy (non-hydrogen) atoms. The fourth-order valence-corrected chi connectivity index (χ4v) is 4.60. The number of furan rings is 1. The number of amides is 2. The molecular formula is C17H18N2O8S. The summed E-state index contributed by atoms with van der Waals surface area (Å²) in [7, 11) is 0. The van der Waals surface area contributed by atoms with E-state index >= 15 is 0 Å². The fourth-order valence-electron chi connectivity index (χ4n) is 3.15. The van der Waals surface area contributed by atoms with Crippen LogP contribution < -0.4 is 5.32 Å². The van der Waals surface area contributed by atoms with Gasteiger partial charge < -0.3 is 24.7 Å². The Kier molecular flexibility index (Phi) is 5.47. The Morgan fingerprint density at radius 3 is 2.79 bits per heavy atom. The van der Waals surface area contributed by atoms with Crippen LogP contribution in [0.15, 0.2) is 34.1 Å². The number of hydrogen-bond donors (Lipinski definition) is 3. The first-order valence-corrected chi connectivity index (χ1v) is 9.33. The van der Waals surface area contributed by atoms with Gasteiger partial charge in [-0.2, -0.15) is 0 Å². The molecule has 3 heterocycles. The van der Waals surface area contributed by atoms with Crippen molar-refractivity contribution in [3.63, 3.8) is 0 Å². The highest BCUT2D eigenvalue weighted by atomic mass is 32.2. The number of nitrogens with one attached hydrogen (secondary N) is 1. The maximum absolute atomic E-state index is 12.8. The molecular weight excluding hydrogens is 392 g/mol. The van der Waals surface area contributed by atoms with Crippen molar-refractivity contribution in [2.24, 2.45) is 0 Å². The number of ether oxygens (including phenoxy) is 1. The summed E-state index contributed by atoms with van der Waals surface area (Å²) < 4.78 is 9.96. The number of β-lactam (4-membered cyclic amide) rings is 1. The zero-order valence-electron chi connectivity index (χ0n) is 14.8. The molecule has 1 aromatic heterocycles. The molecule has 1 fully saturated rings. The third-order valence-electron chi connectivity index (χ3n) is 4.43. The van der Waals surface area contributed by atoms with E-state index in [9.17, 15) is 29.4 Å². The van der Waals surface area contributed by atoms with Crippen LogP contribution in [0.5, 0.6) is 0 Å². The average molecular weight is 410 g/mol. The first-order chi connectivity index (χ1) is 13.3. The van der Waals surface area contributed by atoms with Crippen molar-refractivity contribution in [3.05, 3.63) is 35.4 Å². The summed E-state index contributed by atoms with van der Waals surface area (Å²) in [5.41, 5.74) is -1.65. The Labute approximate surface area is 163 Å². The number of aliphatic hydroxyl groups is 1. The summed E-state index contributed by atoms with van der Waals surface area (Å²) in [6.07, 6.45) is 1.28. The van der Waals surface area contributed by atoms with Crippen molar-refractivity contribution in [2.45, 2.75) is 24.3 Å². The molecule has 2 amide bonds. The minimum Gasteiger partial charge on any atom is -0.477 e. The van der Waals surface area contributed by atoms with Gasteiger partial charge in [-0.1, -0.05) is 0 Å². The van der Waals surface area contributed by atoms with Crippen LogP contribution in [0, 0.1) is 0 Å². The standard InChI is InChI=1S/C17H18N2O8S/c1-9(21)27-6-10-7-28-16-17(8-20,15(25)19(16)13(10)14(23)24)18-12(22)5-11-3-2-4-26-11/h2-4,16,20H,5-8H2,1H3,(H,18,22)(H,23,24)/t16-,17-/m1/s1. The molecule has 3 N–H and O–H groups in total. The van der Waals surface area contributed by atoms with Gasteiger partial charge in [0.05, 0.1) is 19.3 Å². The molecule has 150 valence electrons. The molecule has 0 bridgehead atoms. The van der Waals surface area contributed by atoms with Crippen LogP contribution >= 0.6 is 11.8 Å². The van der Waals surface area contributed by atoms with E-state index in [1.54, 1.807) is 12.1 Å². The van der Waals surface area contributed by atoms with Gasteiger partial charge in [0, 0.05) is 18.2 Å². The topological polar surface area (TPSA) is 146 Å². The van der Waals surface area contributed by atoms with Crippen molar-refractivity contribution < 1.29 is 38.5 Å². The summed E-state index contributed by atoms with van der Waals surface area (Å²) in [5, 5.41) is 21.1. The molecule has 0 aromatic carbocycles. The van der Waals surface area contributed by atoms with E-state index in [0.29, 0.717) is 5.76 Å². The summed E-state index contributed by atoms with van der Waals surface area (Å²) >= 11 is 1.17. The predicted octanol–water partition coefficient (Wildman–Crippen LogP) is -0.514. The third kappa shape index (κ3) is 3.38. The van der Waals surface area contributed by atoms with Crippen molar-refractivity contribution in [1.29, 1.82) is 0 Å². The van der Waals surface area contributed by atoms with Crippen molar-refractivity contribution in [1.82, 2.24) is 10.2 Å². The summed E-state index contributed by atoms with van der Waals surface area (Å²) in [6.45, 7) is 0.257. The van der Waals surface area contributed by atoms with E-state index in [1.807, 2.05) is 0 Å². The van der Waals surface area contributed by atoms with E-state index in [-0.39, 0.29) is 30.1 Å². The Balaban J connectivity index is 1.81. The lowest BCUT2D eigenvalue weighted by molar-refractivity contribution is -0.162. The third-order valence-corrected chi connectivity index (χ3v) is 5.87. The van der Waals surface area contributed by atoms with Crippen molar-refractivity contribution in [2.75, 3.05) is 19.0 Å². The Morgan fingerprint density at radius 1 is 1.46 bits per heavy atom. The van der Waals surface area contributed by atoms with Gasteiger partial charge in [-0.3, -0.25) is 19.3 Å². The van der Waals surface area contributed by atoms with Gasteiger partial charge in [0.15, 0.2) is 5.54 Å². The summed E-state index contributed by atoms with van der Waals surface area (Å²) in [5.74, 6) is -2.65. The number of aliphatic hydroxyl groups excluding tert-OH is 1. The largest absolute Gasteiger partial charge is 0.477 e. The van der Waals surface area contributed by atoms with Crippen LogP contribution in [-0.2, 0) is 30.3 Å². The second-order valence-electron chi connectivity index (χ2n) is 6.31. The van der Waals surface area contributed by atoms with Crippen LogP contribution in [0.4, 0.5) is 0 Å². The number of rotatable bonds is 7. The lowest BCUT2D eigenvalue weighted by atomic mass is 9.86. The van der Waals surface area contributed by atoms with E-state index < -0.39 is 41.3 Å². The molecule has 0 aliphatic carbocycles. The SMILES string of the molecule is CC(=O)OCC1=C(C(=O)O)N2C(=O)[C@@](CO)(NC(=O)Cc3ccco3)[C@H]2SC1.